The summed E-state index contributed by atoms with van der Waals surface area (Å²) in [5, 5.41) is 4.13. The van der Waals surface area contributed by atoms with Crippen LogP contribution in [-0.4, -0.2) is 18.2 Å². The van der Waals surface area contributed by atoms with E-state index in [9.17, 15) is 12.8 Å². The van der Waals surface area contributed by atoms with Crippen LogP contribution in [0.4, 0.5) is 10.1 Å². The monoisotopic (exact) mass is 345 g/mol. The second kappa shape index (κ2) is 6.45. The second-order valence-corrected chi connectivity index (χ2v) is 7.07. The van der Waals surface area contributed by atoms with Gasteiger partial charge in [0.25, 0.3) is 10.0 Å². The smallest absolute Gasteiger partial charge is 0.262 e. The molecule has 3 aromatic rings. The summed E-state index contributed by atoms with van der Waals surface area (Å²) in [6.07, 6.45) is 3.52. The van der Waals surface area contributed by atoms with Crippen LogP contribution < -0.4 is 4.72 Å². The van der Waals surface area contributed by atoms with Gasteiger partial charge in [-0.15, -0.1) is 0 Å². The molecular weight excluding hydrogens is 329 g/mol. The van der Waals surface area contributed by atoms with Crippen molar-refractivity contribution in [3.8, 4) is 0 Å². The Morgan fingerprint density at radius 3 is 2.71 bits per heavy atom. The lowest BCUT2D eigenvalue weighted by Gasteiger charge is -2.11. The fourth-order valence-electron chi connectivity index (χ4n) is 2.44. The lowest BCUT2D eigenvalue weighted by molar-refractivity contribution is 0.598. The van der Waals surface area contributed by atoms with E-state index in [0.717, 1.165) is 11.6 Å². The third kappa shape index (κ3) is 3.62. The molecule has 24 heavy (non-hydrogen) atoms. The van der Waals surface area contributed by atoms with Crippen molar-refractivity contribution < 1.29 is 12.8 Å². The molecule has 1 heterocycles. The summed E-state index contributed by atoms with van der Waals surface area (Å²) < 4.78 is 42.5. The topological polar surface area (TPSA) is 64.0 Å². The molecule has 0 aliphatic carbocycles. The van der Waals surface area contributed by atoms with Crippen LogP contribution in [0.15, 0.2) is 65.8 Å². The highest BCUT2D eigenvalue weighted by Gasteiger charge is 2.17. The number of aryl methyl sites for hydroxylation is 1. The maximum absolute atomic E-state index is 13.2. The molecule has 1 N–H and O–H groups in total. The van der Waals surface area contributed by atoms with E-state index < -0.39 is 15.8 Å². The van der Waals surface area contributed by atoms with Gasteiger partial charge in [0.05, 0.1) is 11.4 Å². The average Bonchev–Trinajstić information content (AvgIpc) is 2.99. The quantitative estimate of drug-likeness (QED) is 0.772. The highest BCUT2D eigenvalue weighted by Crippen LogP contribution is 2.21. The van der Waals surface area contributed by atoms with Crippen molar-refractivity contribution in [2.45, 2.75) is 18.4 Å². The van der Waals surface area contributed by atoms with E-state index in [2.05, 4.69) is 9.82 Å². The van der Waals surface area contributed by atoms with Gasteiger partial charge in [-0.2, -0.15) is 5.10 Å². The van der Waals surface area contributed by atoms with E-state index in [1.807, 2.05) is 18.3 Å². The van der Waals surface area contributed by atoms with Crippen molar-refractivity contribution in [3.63, 3.8) is 0 Å². The first-order chi connectivity index (χ1) is 11.4. The van der Waals surface area contributed by atoms with Crippen molar-refractivity contribution in [3.05, 3.63) is 77.9 Å². The first kappa shape index (κ1) is 16.2. The van der Waals surface area contributed by atoms with Gasteiger partial charge in [-0.05, 0) is 54.4 Å². The Balaban J connectivity index is 1.84. The standard InChI is InChI=1S/C17H16FN3O2S/c1-13-10-15(18)6-7-17(13)24(22,23)20-16-5-2-4-14(11-16)12-21-9-3-8-19-21/h2-11,20H,12H2,1H3. The van der Waals surface area contributed by atoms with Gasteiger partial charge < -0.3 is 0 Å². The highest BCUT2D eigenvalue weighted by molar-refractivity contribution is 7.92. The van der Waals surface area contributed by atoms with Crippen molar-refractivity contribution in [1.82, 2.24) is 9.78 Å². The summed E-state index contributed by atoms with van der Waals surface area (Å²) in [7, 11) is -3.78. The number of halogens is 1. The maximum atomic E-state index is 13.2. The number of rotatable bonds is 5. The van der Waals surface area contributed by atoms with E-state index in [1.165, 1.54) is 12.1 Å². The van der Waals surface area contributed by atoms with Crippen molar-refractivity contribution in [2.24, 2.45) is 0 Å². The number of aromatic nitrogens is 2. The van der Waals surface area contributed by atoms with Crippen LogP contribution in [0, 0.1) is 12.7 Å². The zero-order chi connectivity index (χ0) is 17.2. The molecule has 0 amide bonds. The van der Waals surface area contributed by atoms with Gasteiger partial charge in [-0.3, -0.25) is 9.40 Å². The third-order valence-electron chi connectivity index (χ3n) is 3.51. The van der Waals surface area contributed by atoms with Crippen molar-refractivity contribution >= 4 is 15.7 Å². The Kier molecular flexibility index (Phi) is 4.35. The zero-order valence-corrected chi connectivity index (χ0v) is 13.8. The maximum Gasteiger partial charge on any atom is 0.262 e. The van der Waals surface area contributed by atoms with Crippen LogP contribution in [0.1, 0.15) is 11.1 Å². The van der Waals surface area contributed by atoms with Crippen LogP contribution >= 0.6 is 0 Å². The number of sulfonamides is 1. The second-order valence-electron chi connectivity index (χ2n) is 5.42. The molecule has 0 bridgehead atoms. The highest BCUT2D eigenvalue weighted by atomic mass is 32.2. The molecule has 0 fully saturated rings. The minimum atomic E-state index is -3.78. The lowest BCUT2D eigenvalue weighted by Crippen LogP contribution is -2.14. The van der Waals surface area contributed by atoms with Gasteiger partial charge in [-0.25, -0.2) is 12.8 Å². The van der Waals surface area contributed by atoms with E-state index in [4.69, 9.17) is 0 Å². The number of nitrogens with one attached hydrogen (secondary N) is 1. The molecule has 7 heteroatoms. The normalized spacial score (nSPS) is 11.4. The van der Waals surface area contributed by atoms with Crippen LogP contribution in [-0.2, 0) is 16.6 Å². The Hall–Kier alpha value is -2.67. The molecule has 1 aromatic heterocycles. The molecule has 0 radical (unpaired) electrons. The van der Waals surface area contributed by atoms with Gasteiger partial charge >= 0.3 is 0 Å². The van der Waals surface area contributed by atoms with E-state index in [0.29, 0.717) is 17.8 Å². The van der Waals surface area contributed by atoms with Crippen molar-refractivity contribution in [2.75, 3.05) is 4.72 Å². The van der Waals surface area contributed by atoms with E-state index in [1.54, 1.807) is 36.0 Å². The Morgan fingerprint density at radius 1 is 1.17 bits per heavy atom. The Bertz CT molecular complexity index is 954. The zero-order valence-electron chi connectivity index (χ0n) is 13.0. The van der Waals surface area contributed by atoms with Gasteiger partial charge in [0.15, 0.2) is 0 Å². The van der Waals surface area contributed by atoms with Gasteiger partial charge in [-0.1, -0.05) is 12.1 Å². The molecule has 0 aliphatic heterocycles. The summed E-state index contributed by atoms with van der Waals surface area (Å²) in [5.74, 6) is -0.465. The predicted molar refractivity (Wildman–Crippen MR) is 89.7 cm³/mol. The van der Waals surface area contributed by atoms with Gasteiger partial charge in [0.1, 0.15) is 5.82 Å². The number of nitrogens with zero attached hydrogens (tertiary/aromatic N) is 2. The molecule has 0 unspecified atom stereocenters. The lowest BCUT2D eigenvalue weighted by atomic mass is 10.2. The summed E-state index contributed by atoms with van der Waals surface area (Å²) in [6, 6.07) is 12.5. The van der Waals surface area contributed by atoms with Gasteiger partial charge in [0.2, 0.25) is 0 Å². The molecule has 2 aromatic carbocycles. The van der Waals surface area contributed by atoms with Crippen LogP contribution in [0.25, 0.3) is 0 Å². The molecule has 0 saturated carbocycles. The number of anilines is 1. The number of hydrogen-bond donors (Lipinski definition) is 1. The molecule has 5 nitrogen and oxygen atoms in total. The first-order valence-electron chi connectivity index (χ1n) is 7.29. The molecule has 124 valence electrons. The number of benzene rings is 2. The summed E-state index contributed by atoms with van der Waals surface area (Å²) in [4.78, 5) is 0.0568. The Labute approximate surface area is 139 Å². The van der Waals surface area contributed by atoms with Crippen molar-refractivity contribution in [1.29, 1.82) is 0 Å². The molecular formula is C17H16FN3O2S. The van der Waals surface area contributed by atoms with E-state index >= 15 is 0 Å². The summed E-state index contributed by atoms with van der Waals surface area (Å²) in [5.41, 5.74) is 1.72. The number of hydrogen-bond acceptors (Lipinski definition) is 3. The van der Waals surface area contributed by atoms with Crippen LogP contribution in [0.3, 0.4) is 0 Å². The summed E-state index contributed by atoms with van der Waals surface area (Å²) >= 11 is 0. The first-order valence-corrected chi connectivity index (χ1v) is 8.78. The van der Waals surface area contributed by atoms with Gasteiger partial charge in [0, 0.05) is 18.1 Å². The summed E-state index contributed by atoms with van der Waals surface area (Å²) in [6.45, 7) is 2.10. The van der Waals surface area contributed by atoms with E-state index in [-0.39, 0.29) is 4.90 Å². The third-order valence-corrected chi connectivity index (χ3v) is 5.05. The SMILES string of the molecule is Cc1cc(F)ccc1S(=O)(=O)Nc1cccc(Cn2cccn2)c1. The van der Waals surface area contributed by atoms with Crippen LogP contribution in [0.2, 0.25) is 0 Å². The largest absolute Gasteiger partial charge is 0.280 e. The fourth-order valence-corrected chi connectivity index (χ4v) is 3.72. The van der Waals surface area contributed by atoms with Crippen LogP contribution in [0.5, 0.6) is 0 Å². The minimum Gasteiger partial charge on any atom is -0.280 e. The average molecular weight is 345 g/mol. The molecule has 0 spiro atoms. The predicted octanol–water partition coefficient (Wildman–Crippen LogP) is 3.18. The molecule has 0 saturated heterocycles. The molecule has 0 atom stereocenters. The minimum absolute atomic E-state index is 0.0568. The molecule has 3 rings (SSSR count). The fraction of sp³-hybridized carbons (Fsp3) is 0.118. The molecule has 0 aliphatic rings. The Morgan fingerprint density at radius 2 is 2.00 bits per heavy atom.